The fourth-order valence-corrected chi connectivity index (χ4v) is 1.50. The van der Waals surface area contributed by atoms with E-state index in [1.807, 2.05) is 0 Å². The lowest BCUT2D eigenvalue weighted by Gasteiger charge is -2.26. The van der Waals surface area contributed by atoms with Crippen LogP contribution in [0.15, 0.2) is 0 Å². The molecule has 2 unspecified atom stereocenters. The lowest BCUT2D eigenvalue weighted by Crippen LogP contribution is -2.39. The Morgan fingerprint density at radius 3 is 2.23 bits per heavy atom. The predicted octanol–water partition coefficient (Wildman–Crippen LogP) is 0.336. The number of nitrogens with two attached hydrogens (primary N) is 2. The lowest BCUT2D eigenvalue weighted by atomic mass is 9.84. The highest BCUT2D eigenvalue weighted by molar-refractivity contribution is 5.74. The number of guanidine groups is 1. The molecule has 0 spiro atoms. The fourth-order valence-electron chi connectivity index (χ4n) is 1.50. The smallest absolute Gasteiger partial charge is 0.185 e. The second kappa shape index (κ2) is 5.80. The van der Waals surface area contributed by atoms with Gasteiger partial charge in [-0.2, -0.15) is 0 Å². The van der Waals surface area contributed by atoms with Gasteiger partial charge in [-0.15, -0.1) is 0 Å². The summed E-state index contributed by atoms with van der Waals surface area (Å²) in [6, 6.07) is 0. The van der Waals surface area contributed by atoms with Crippen LogP contribution in [0.25, 0.3) is 0 Å². The number of nitrogens with one attached hydrogen (secondary N) is 2. The minimum atomic E-state index is 0.0369. The molecule has 0 aliphatic carbocycles. The van der Waals surface area contributed by atoms with Crippen LogP contribution in [0, 0.1) is 23.2 Å². The second-order valence-electron chi connectivity index (χ2n) is 3.92. The van der Waals surface area contributed by atoms with Crippen molar-refractivity contribution < 1.29 is 0 Å². The Bertz CT molecular complexity index is 156. The maximum Gasteiger partial charge on any atom is 0.185 e. The van der Waals surface area contributed by atoms with E-state index >= 15 is 0 Å². The summed E-state index contributed by atoms with van der Waals surface area (Å²) in [4.78, 5) is 0. The molecule has 0 radical (unpaired) electrons. The van der Waals surface area contributed by atoms with Crippen LogP contribution in [-0.2, 0) is 0 Å². The quantitative estimate of drug-likeness (QED) is 0.369. The van der Waals surface area contributed by atoms with Crippen molar-refractivity contribution in [3.8, 4) is 0 Å². The van der Waals surface area contributed by atoms with Gasteiger partial charge in [-0.25, -0.2) is 0 Å². The average molecular weight is 186 g/mol. The molecule has 0 aromatic carbocycles. The molecule has 0 saturated carbocycles. The summed E-state index contributed by atoms with van der Waals surface area (Å²) in [5.41, 5.74) is 10.8. The molecule has 0 amide bonds. The van der Waals surface area contributed by atoms with Gasteiger partial charge in [-0.3, -0.25) is 5.41 Å². The second-order valence-corrected chi connectivity index (χ2v) is 3.92. The number of hydrogen-bond acceptors (Lipinski definition) is 2. The van der Waals surface area contributed by atoms with Gasteiger partial charge >= 0.3 is 0 Å². The molecule has 4 nitrogen and oxygen atoms in total. The summed E-state index contributed by atoms with van der Waals surface area (Å²) in [5, 5.41) is 9.91. The molecule has 78 valence electrons. The first-order valence-electron chi connectivity index (χ1n) is 4.77. The zero-order valence-corrected chi connectivity index (χ0v) is 8.80. The van der Waals surface area contributed by atoms with E-state index in [-0.39, 0.29) is 5.96 Å². The van der Waals surface area contributed by atoms with E-state index in [4.69, 9.17) is 16.9 Å². The van der Waals surface area contributed by atoms with Crippen molar-refractivity contribution in [3.05, 3.63) is 0 Å². The minimum Gasteiger partial charge on any atom is -0.370 e. The van der Waals surface area contributed by atoms with E-state index < -0.39 is 0 Å². The summed E-state index contributed by atoms with van der Waals surface area (Å²) in [6.07, 6.45) is 0. The third kappa shape index (κ3) is 4.72. The summed E-state index contributed by atoms with van der Waals surface area (Å²) in [6.45, 7) is 7.89. The Morgan fingerprint density at radius 2 is 1.92 bits per heavy atom. The summed E-state index contributed by atoms with van der Waals surface area (Å²) in [7, 11) is 0. The Hall–Kier alpha value is -0.770. The van der Waals surface area contributed by atoms with Gasteiger partial charge in [0.1, 0.15) is 0 Å². The van der Waals surface area contributed by atoms with Crippen LogP contribution < -0.4 is 16.8 Å². The maximum atomic E-state index is 7.06. The van der Waals surface area contributed by atoms with E-state index in [2.05, 4.69) is 26.1 Å². The molecule has 0 saturated heterocycles. The van der Waals surface area contributed by atoms with Gasteiger partial charge in [0, 0.05) is 6.54 Å². The van der Waals surface area contributed by atoms with Crippen LogP contribution in [0.4, 0.5) is 0 Å². The third-order valence-electron chi connectivity index (χ3n) is 2.49. The molecule has 6 N–H and O–H groups in total. The molecule has 2 atom stereocenters. The SMILES string of the molecule is CC(C)C(CNC(=N)N)C(C)CN. The maximum absolute atomic E-state index is 7.06. The predicted molar refractivity (Wildman–Crippen MR) is 56.5 cm³/mol. The first-order chi connectivity index (χ1) is 5.99. The van der Waals surface area contributed by atoms with Crippen LogP contribution >= 0.6 is 0 Å². The van der Waals surface area contributed by atoms with Crippen molar-refractivity contribution in [1.82, 2.24) is 5.32 Å². The topological polar surface area (TPSA) is 87.9 Å². The van der Waals surface area contributed by atoms with E-state index in [0.29, 0.717) is 24.3 Å². The van der Waals surface area contributed by atoms with Gasteiger partial charge < -0.3 is 16.8 Å². The van der Waals surface area contributed by atoms with Crippen LogP contribution in [0.2, 0.25) is 0 Å². The van der Waals surface area contributed by atoms with Gasteiger partial charge in [-0.1, -0.05) is 20.8 Å². The molecule has 13 heavy (non-hydrogen) atoms. The van der Waals surface area contributed by atoms with Gasteiger partial charge in [-0.05, 0) is 24.3 Å². The highest BCUT2D eigenvalue weighted by Crippen LogP contribution is 2.18. The minimum absolute atomic E-state index is 0.0369. The van der Waals surface area contributed by atoms with Crippen LogP contribution in [-0.4, -0.2) is 19.0 Å². The van der Waals surface area contributed by atoms with Gasteiger partial charge in [0.15, 0.2) is 5.96 Å². The molecule has 0 aliphatic rings. The molecule has 0 aromatic rings. The van der Waals surface area contributed by atoms with Crippen molar-refractivity contribution in [1.29, 1.82) is 5.41 Å². The van der Waals surface area contributed by atoms with Crippen LogP contribution in [0.5, 0.6) is 0 Å². The average Bonchev–Trinajstić information content (AvgIpc) is 2.03. The lowest BCUT2D eigenvalue weighted by molar-refractivity contribution is 0.276. The summed E-state index contributed by atoms with van der Waals surface area (Å²) < 4.78 is 0. The van der Waals surface area contributed by atoms with Crippen molar-refractivity contribution in [2.75, 3.05) is 13.1 Å². The fraction of sp³-hybridized carbons (Fsp3) is 0.889. The third-order valence-corrected chi connectivity index (χ3v) is 2.49. The Morgan fingerprint density at radius 1 is 1.38 bits per heavy atom. The zero-order chi connectivity index (χ0) is 10.4. The molecule has 4 heteroatoms. The van der Waals surface area contributed by atoms with Crippen LogP contribution in [0.3, 0.4) is 0 Å². The monoisotopic (exact) mass is 186 g/mol. The zero-order valence-electron chi connectivity index (χ0n) is 8.80. The standard InChI is InChI=1S/C9H22N4/c1-6(2)8(7(3)4-10)5-13-9(11)12/h6-8H,4-5,10H2,1-3H3,(H4,11,12,13). The Labute approximate surface area is 80.6 Å². The first-order valence-corrected chi connectivity index (χ1v) is 4.77. The molecule has 0 fully saturated rings. The van der Waals surface area contributed by atoms with E-state index in [9.17, 15) is 0 Å². The first kappa shape index (κ1) is 12.2. The number of rotatable bonds is 5. The highest BCUT2D eigenvalue weighted by Gasteiger charge is 2.19. The van der Waals surface area contributed by atoms with E-state index in [0.717, 1.165) is 6.54 Å². The molecule has 0 heterocycles. The molecular weight excluding hydrogens is 164 g/mol. The van der Waals surface area contributed by atoms with E-state index in [1.165, 1.54) is 0 Å². The van der Waals surface area contributed by atoms with Gasteiger partial charge in [0.25, 0.3) is 0 Å². The van der Waals surface area contributed by atoms with Crippen molar-refractivity contribution in [3.63, 3.8) is 0 Å². The van der Waals surface area contributed by atoms with Crippen molar-refractivity contribution >= 4 is 5.96 Å². The number of hydrogen-bond donors (Lipinski definition) is 4. The molecule has 0 aromatic heterocycles. The molecule has 0 rings (SSSR count). The summed E-state index contributed by atoms with van der Waals surface area (Å²) in [5.74, 6) is 1.54. The van der Waals surface area contributed by atoms with Gasteiger partial charge in [0.2, 0.25) is 0 Å². The van der Waals surface area contributed by atoms with Crippen molar-refractivity contribution in [2.45, 2.75) is 20.8 Å². The molecular formula is C9H22N4. The van der Waals surface area contributed by atoms with E-state index in [1.54, 1.807) is 0 Å². The molecule has 0 aliphatic heterocycles. The van der Waals surface area contributed by atoms with Crippen LogP contribution in [0.1, 0.15) is 20.8 Å². The Kier molecular flexibility index (Phi) is 5.46. The normalized spacial score (nSPS) is 15.5. The van der Waals surface area contributed by atoms with Crippen molar-refractivity contribution in [2.24, 2.45) is 29.2 Å². The Balaban J connectivity index is 4.02. The molecule has 0 bridgehead atoms. The summed E-state index contributed by atoms with van der Waals surface area (Å²) >= 11 is 0. The highest BCUT2D eigenvalue weighted by atomic mass is 15.0. The largest absolute Gasteiger partial charge is 0.370 e. The van der Waals surface area contributed by atoms with Gasteiger partial charge in [0.05, 0.1) is 0 Å².